The van der Waals surface area contributed by atoms with Crippen LogP contribution >= 0.6 is 0 Å². The fraction of sp³-hybridized carbons (Fsp3) is 0.429. The predicted octanol–water partition coefficient (Wildman–Crippen LogP) is 1.88. The standard InChI is InChI=1S/C28H29NO8/c1-15(35-26(33)22(31)16-6-4-3-5-7-16)25(32)36-19-10-11-28(34)20-14-17-8-9-18(30)23-21(17)27(28,24(19)37-23)12-13-29(20)2/h3-10,15,20,22,24,30-31,34H,11-14H2,1-2H3/t15?,20-,22?,24+,27+,28-/m1/s1. The fourth-order valence-corrected chi connectivity index (χ4v) is 6.69. The number of carbonyl (C=O) groups is 2. The highest BCUT2D eigenvalue weighted by molar-refractivity contribution is 5.82. The Morgan fingerprint density at radius 3 is 2.68 bits per heavy atom. The zero-order valence-electron chi connectivity index (χ0n) is 20.6. The number of likely N-dealkylation sites (tertiary alicyclic amines) is 1. The summed E-state index contributed by atoms with van der Waals surface area (Å²) in [5.41, 5.74) is 0.0745. The Balaban J connectivity index is 1.27. The number of rotatable bonds is 5. The summed E-state index contributed by atoms with van der Waals surface area (Å²) >= 11 is 0. The number of phenolic OH excluding ortho intramolecular Hbond substituents is 1. The lowest BCUT2D eigenvalue weighted by Crippen LogP contribution is -2.74. The number of esters is 2. The molecule has 0 aromatic heterocycles. The number of nitrogens with zero attached hydrogens (tertiary/aromatic N) is 1. The molecule has 194 valence electrons. The predicted molar refractivity (Wildman–Crippen MR) is 130 cm³/mol. The highest BCUT2D eigenvalue weighted by Crippen LogP contribution is 2.65. The van der Waals surface area contributed by atoms with Gasteiger partial charge >= 0.3 is 11.9 Å². The normalized spacial score (nSPS) is 30.9. The van der Waals surface area contributed by atoms with Crippen LogP contribution in [0.5, 0.6) is 11.5 Å². The summed E-state index contributed by atoms with van der Waals surface area (Å²) < 4.78 is 17.2. The molecule has 2 unspecified atom stereocenters. The number of benzene rings is 2. The van der Waals surface area contributed by atoms with Crippen molar-refractivity contribution in [3.63, 3.8) is 0 Å². The summed E-state index contributed by atoms with van der Waals surface area (Å²) in [6.45, 7) is 2.07. The van der Waals surface area contributed by atoms with Crippen molar-refractivity contribution in [2.24, 2.45) is 0 Å². The topological polar surface area (TPSA) is 126 Å². The number of hydrogen-bond acceptors (Lipinski definition) is 9. The fourth-order valence-electron chi connectivity index (χ4n) is 6.69. The number of phenols is 1. The zero-order chi connectivity index (χ0) is 26.1. The van der Waals surface area contributed by atoms with Crippen LogP contribution in [-0.2, 0) is 30.9 Å². The molecule has 9 heteroatoms. The number of aromatic hydroxyl groups is 1. The quantitative estimate of drug-likeness (QED) is 0.520. The Kier molecular flexibility index (Phi) is 5.38. The van der Waals surface area contributed by atoms with E-state index in [1.54, 1.807) is 42.5 Å². The highest BCUT2D eigenvalue weighted by atomic mass is 16.6. The van der Waals surface area contributed by atoms with Gasteiger partial charge in [0.15, 0.2) is 29.8 Å². The molecule has 2 aliphatic carbocycles. The number of hydrogen-bond donors (Lipinski definition) is 3. The maximum atomic E-state index is 13.0. The van der Waals surface area contributed by atoms with Crippen LogP contribution in [0.2, 0.25) is 0 Å². The van der Waals surface area contributed by atoms with Crippen molar-refractivity contribution in [1.29, 1.82) is 0 Å². The largest absolute Gasteiger partial charge is 0.504 e. The van der Waals surface area contributed by atoms with Crippen molar-refractivity contribution in [3.8, 4) is 11.5 Å². The molecule has 6 rings (SSSR count). The Morgan fingerprint density at radius 2 is 1.92 bits per heavy atom. The Morgan fingerprint density at radius 1 is 1.16 bits per heavy atom. The van der Waals surface area contributed by atoms with E-state index in [9.17, 15) is 24.9 Å². The Labute approximate surface area is 213 Å². The summed E-state index contributed by atoms with van der Waals surface area (Å²) in [4.78, 5) is 27.6. The summed E-state index contributed by atoms with van der Waals surface area (Å²) in [7, 11) is 1.99. The first-order chi connectivity index (χ1) is 17.7. The number of ether oxygens (including phenoxy) is 3. The minimum absolute atomic E-state index is 0.0230. The molecular formula is C28H29NO8. The summed E-state index contributed by atoms with van der Waals surface area (Å²) in [6, 6.07) is 11.6. The van der Waals surface area contributed by atoms with Gasteiger partial charge in [0.05, 0.1) is 11.0 Å². The van der Waals surface area contributed by atoms with E-state index < -0.39 is 41.3 Å². The van der Waals surface area contributed by atoms with Crippen molar-refractivity contribution in [2.75, 3.05) is 13.6 Å². The van der Waals surface area contributed by atoms with Gasteiger partial charge < -0.3 is 34.4 Å². The SMILES string of the molecule is CC(OC(=O)C(O)c1ccccc1)C(=O)OC1=CC[C@@]2(O)[C@H]3Cc4ccc(O)c5c4[C@@]2(CCN3C)[C@H]1O5. The van der Waals surface area contributed by atoms with Crippen LogP contribution in [-0.4, -0.2) is 69.6 Å². The molecule has 4 aliphatic rings. The highest BCUT2D eigenvalue weighted by Gasteiger charge is 2.72. The first-order valence-electron chi connectivity index (χ1n) is 12.5. The van der Waals surface area contributed by atoms with E-state index >= 15 is 0 Å². The molecule has 1 spiro atoms. The summed E-state index contributed by atoms with van der Waals surface area (Å²) in [6.07, 6.45) is -0.595. The van der Waals surface area contributed by atoms with E-state index in [0.717, 1.165) is 11.1 Å². The van der Waals surface area contributed by atoms with Crippen LogP contribution < -0.4 is 4.74 Å². The third-order valence-corrected chi connectivity index (χ3v) is 8.54. The van der Waals surface area contributed by atoms with Gasteiger partial charge in [-0.15, -0.1) is 0 Å². The average Bonchev–Trinajstić information content (AvgIpc) is 3.25. The van der Waals surface area contributed by atoms with Crippen LogP contribution in [0.1, 0.15) is 42.6 Å². The lowest BCUT2D eigenvalue weighted by Gasteiger charge is -2.61. The zero-order valence-corrected chi connectivity index (χ0v) is 20.6. The molecule has 2 aromatic carbocycles. The van der Waals surface area contributed by atoms with Gasteiger partial charge in [-0.25, -0.2) is 9.59 Å². The van der Waals surface area contributed by atoms with Gasteiger partial charge in [-0.1, -0.05) is 36.4 Å². The summed E-state index contributed by atoms with van der Waals surface area (Å²) in [5.74, 6) is -1.28. The molecule has 0 saturated carbocycles. The number of aliphatic hydroxyl groups is 2. The van der Waals surface area contributed by atoms with Gasteiger partial charge in [0.25, 0.3) is 0 Å². The minimum Gasteiger partial charge on any atom is -0.504 e. The number of carbonyl (C=O) groups excluding carboxylic acids is 2. The molecule has 2 bridgehead atoms. The smallest absolute Gasteiger partial charge is 0.352 e. The lowest BCUT2D eigenvalue weighted by atomic mass is 9.50. The van der Waals surface area contributed by atoms with Gasteiger partial charge in [0.1, 0.15) is 5.76 Å². The van der Waals surface area contributed by atoms with E-state index in [1.165, 1.54) is 6.92 Å². The minimum atomic E-state index is -1.54. The molecule has 2 aromatic rings. The van der Waals surface area contributed by atoms with Crippen molar-refractivity contribution >= 4 is 11.9 Å². The van der Waals surface area contributed by atoms with Crippen molar-refractivity contribution in [3.05, 3.63) is 71.0 Å². The van der Waals surface area contributed by atoms with Gasteiger partial charge in [-0.3, -0.25) is 0 Å². The third-order valence-electron chi connectivity index (χ3n) is 8.54. The number of piperidine rings is 1. The second-order valence-corrected chi connectivity index (χ2v) is 10.4. The van der Waals surface area contributed by atoms with Crippen molar-refractivity contribution in [2.45, 2.75) is 61.6 Å². The monoisotopic (exact) mass is 507 g/mol. The molecular weight excluding hydrogens is 478 g/mol. The second-order valence-electron chi connectivity index (χ2n) is 10.4. The van der Waals surface area contributed by atoms with Gasteiger partial charge in [0, 0.05) is 18.0 Å². The maximum absolute atomic E-state index is 13.0. The van der Waals surface area contributed by atoms with E-state index in [1.807, 2.05) is 13.1 Å². The van der Waals surface area contributed by atoms with Crippen molar-refractivity contribution in [1.82, 2.24) is 4.90 Å². The van der Waals surface area contributed by atoms with Crippen LogP contribution in [0.3, 0.4) is 0 Å². The molecule has 0 amide bonds. The molecule has 9 nitrogen and oxygen atoms in total. The molecule has 2 aliphatic heterocycles. The third kappa shape index (κ3) is 3.27. The lowest BCUT2D eigenvalue weighted by molar-refractivity contribution is -0.178. The molecule has 1 fully saturated rings. The van der Waals surface area contributed by atoms with Crippen LogP contribution in [0.15, 0.2) is 54.3 Å². The van der Waals surface area contributed by atoms with Crippen LogP contribution in [0.4, 0.5) is 0 Å². The molecule has 37 heavy (non-hydrogen) atoms. The van der Waals surface area contributed by atoms with Crippen molar-refractivity contribution < 1.29 is 39.1 Å². The Bertz CT molecular complexity index is 1310. The van der Waals surface area contributed by atoms with Gasteiger partial charge in [-0.2, -0.15) is 0 Å². The average molecular weight is 508 g/mol. The second kappa shape index (κ2) is 8.31. The van der Waals surface area contributed by atoms with Gasteiger partial charge in [-0.05, 0) is 56.6 Å². The van der Waals surface area contributed by atoms with Crippen LogP contribution in [0, 0.1) is 0 Å². The molecule has 6 atom stereocenters. The molecule has 0 radical (unpaired) electrons. The molecule has 2 heterocycles. The number of likely N-dealkylation sites (N-methyl/N-ethyl adjacent to an activating group) is 1. The molecule has 1 saturated heterocycles. The molecule has 3 N–H and O–H groups in total. The summed E-state index contributed by atoms with van der Waals surface area (Å²) in [5, 5.41) is 33.0. The first-order valence-corrected chi connectivity index (χ1v) is 12.5. The first kappa shape index (κ1) is 24.0. The van der Waals surface area contributed by atoms with Crippen LogP contribution in [0.25, 0.3) is 0 Å². The van der Waals surface area contributed by atoms with Gasteiger partial charge in [0.2, 0.25) is 0 Å². The maximum Gasteiger partial charge on any atom is 0.352 e. The van der Waals surface area contributed by atoms with E-state index in [2.05, 4.69) is 4.90 Å². The van der Waals surface area contributed by atoms with E-state index in [-0.39, 0.29) is 24.0 Å². The van der Waals surface area contributed by atoms with E-state index in [0.29, 0.717) is 30.7 Å². The Hall–Kier alpha value is -3.40. The number of aliphatic hydroxyl groups excluding tert-OH is 1. The van der Waals surface area contributed by atoms with E-state index in [4.69, 9.17) is 14.2 Å².